The van der Waals surface area contributed by atoms with Crippen LogP contribution in [0.3, 0.4) is 0 Å². The predicted molar refractivity (Wildman–Crippen MR) is 82.3 cm³/mol. The van der Waals surface area contributed by atoms with Gasteiger partial charge in [0.1, 0.15) is 4.34 Å². The number of ketones is 1. The molecular formula is C13H6BrClOS2. The van der Waals surface area contributed by atoms with Crippen LogP contribution in [-0.4, -0.2) is 5.78 Å². The third-order valence-electron chi connectivity index (χ3n) is 2.59. The van der Waals surface area contributed by atoms with Crippen molar-refractivity contribution in [2.45, 2.75) is 0 Å². The number of benzene rings is 1. The van der Waals surface area contributed by atoms with Gasteiger partial charge < -0.3 is 0 Å². The molecule has 0 aliphatic heterocycles. The summed E-state index contributed by atoms with van der Waals surface area (Å²) in [6, 6.07) is 9.70. The molecule has 0 fully saturated rings. The standard InChI is InChI=1S/C13H6BrClOS2/c14-9-5-11(18-13(9)15)12(16)8-6-17-10-4-2-1-3-7(8)10/h1-6H. The molecule has 5 heteroatoms. The van der Waals surface area contributed by atoms with Crippen molar-refractivity contribution in [3.8, 4) is 0 Å². The molecule has 0 saturated carbocycles. The molecule has 0 unspecified atom stereocenters. The first kappa shape index (κ1) is 12.4. The Balaban J connectivity index is 2.12. The highest BCUT2D eigenvalue weighted by molar-refractivity contribution is 9.10. The zero-order valence-electron chi connectivity index (χ0n) is 8.94. The molecule has 0 bridgehead atoms. The highest BCUT2D eigenvalue weighted by Crippen LogP contribution is 2.35. The predicted octanol–water partition coefficient (Wildman–Crippen LogP) is 5.61. The van der Waals surface area contributed by atoms with Crippen LogP contribution in [0.15, 0.2) is 40.2 Å². The fourth-order valence-electron chi connectivity index (χ4n) is 1.74. The van der Waals surface area contributed by atoms with Crippen LogP contribution in [0.5, 0.6) is 0 Å². The van der Waals surface area contributed by atoms with Crippen LogP contribution in [0.4, 0.5) is 0 Å². The summed E-state index contributed by atoms with van der Waals surface area (Å²) < 4.78 is 2.51. The Labute approximate surface area is 125 Å². The summed E-state index contributed by atoms with van der Waals surface area (Å²) >= 11 is 12.2. The molecule has 0 aliphatic carbocycles. The minimum Gasteiger partial charge on any atom is -0.288 e. The van der Waals surface area contributed by atoms with E-state index in [2.05, 4.69) is 15.9 Å². The monoisotopic (exact) mass is 356 g/mol. The van der Waals surface area contributed by atoms with Gasteiger partial charge in [0.25, 0.3) is 0 Å². The van der Waals surface area contributed by atoms with E-state index in [0.29, 0.717) is 9.21 Å². The molecular weight excluding hydrogens is 352 g/mol. The Hall–Kier alpha value is -0.680. The van der Waals surface area contributed by atoms with Crippen molar-refractivity contribution in [2.24, 2.45) is 0 Å². The van der Waals surface area contributed by atoms with E-state index in [1.54, 1.807) is 17.4 Å². The highest BCUT2D eigenvalue weighted by atomic mass is 79.9. The van der Waals surface area contributed by atoms with Gasteiger partial charge in [0.05, 0.1) is 4.88 Å². The van der Waals surface area contributed by atoms with Crippen molar-refractivity contribution in [3.63, 3.8) is 0 Å². The minimum absolute atomic E-state index is 0.0325. The highest BCUT2D eigenvalue weighted by Gasteiger charge is 2.17. The lowest BCUT2D eigenvalue weighted by Crippen LogP contribution is -1.96. The van der Waals surface area contributed by atoms with Crippen LogP contribution in [0.25, 0.3) is 10.1 Å². The zero-order valence-corrected chi connectivity index (χ0v) is 12.9. The number of carbonyl (C=O) groups excluding carboxylic acids is 1. The third kappa shape index (κ3) is 2.03. The van der Waals surface area contributed by atoms with Crippen LogP contribution in [0, 0.1) is 0 Å². The van der Waals surface area contributed by atoms with Crippen molar-refractivity contribution < 1.29 is 4.79 Å². The molecule has 3 aromatic rings. The number of thiophene rings is 2. The average molecular weight is 358 g/mol. The van der Waals surface area contributed by atoms with E-state index >= 15 is 0 Å². The molecule has 0 aliphatic rings. The maximum atomic E-state index is 12.4. The van der Waals surface area contributed by atoms with E-state index in [9.17, 15) is 4.79 Å². The van der Waals surface area contributed by atoms with Crippen LogP contribution in [0.1, 0.15) is 15.2 Å². The number of hydrogen-bond acceptors (Lipinski definition) is 3. The number of carbonyl (C=O) groups is 1. The van der Waals surface area contributed by atoms with Gasteiger partial charge >= 0.3 is 0 Å². The van der Waals surface area contributed by atoms with Crippen LogP contribution >= 0.6 is 50.2 Å². The first-order valence-electron chi connectivity index (χ1n) is 5.12. The van der Waals surface area contributed by atoms with Gasteiger partial charge in [-0.3, -0.25) is 4.79 Å². The van der Waals surface area contributed by atoms with Crippen molar-refractivity contribution in [1.82, 2.24) is 0 Å². The summed E-state index contributed by atoms with van der Waals surface area (Å²) in [6.45, 7) is 0. The Morgan fingerprint density at radius 3 is 2.78 bits per heavy atom. The smallest absolute Gasteiger partial charge is 0.204 e. The molecule has 3 rings (SSSR count). The number of rotatable bonds is 2. The molecule has 0 amide bonds. The Kier molecular flexibility index (Phi) is 3.28. The molecule has 0 saturated heterocycles. The molecule has 1 nitrogen and oxygen atoms in total. The lowest BCUT2D eigenvalue weighted by molar-refractivity contribution is 0.104. The third-order valence-corrected chi connectivity index (χ3v) is 6.03. The number of hydrogen-bond donors (Lipinski definition) is 0. The molecule has 2 aromatic heterocycles. The molecule has 2 heterocycles. The fourth-order valence-corrected chi connectivity index (χ4v) is 4.34. The van der Waals surface area contributed by atoms with E-state index in [0.717, 1.165) is 20.1 Å². The molecule has 18 heavy (non-hydrogen) atoms. The van der Waals surface area contributed by atoms with Crippen LogP contribution in [0.2, 0.25) is 4.34 Å². The lowest BCUT2D eigenvalue weighted by Gasteiger charge is -1.95. The second-order valence-electron chi connectivity index (χ2n) is 3.71. The molecule has 0 N–H and O–H groups in total. The van der Waals surface area contributed by atoms with Gasteiger partial charge in [-0.1, -0.05) is 29.8 Å². The first-order valence-corrected chi connectivity index (χ1v) is 7.99. The van der Waals surface area contributed by atoms with Crippen LogP contribution < -0.4 is 0 Å². The van der Waals surface area contributed by atoms with E-state index in [-0.39, 0.29) is 5.78 Å². The van der Waals surface area contributed by atoms with Gasteiger partial charge in [0.2, 0.25) is 5.78 Å². The summed E-state index contributed by atoms with van der Waals surface area (Å²) in [6.07, 6.45) is 0. The minimum atomic E-state index is 0.0325. The van der Waals surface area contributed by atoms with Gasteiger partial charge in [-0.15, -0.1) is 22.7 Å². The summed E-state index contributed by atoms with van der Waals surface area (Å²) in [4.78, 5) is 13.1. The van der Waals surface area contributed by atoms with E-state index < -0.39 is 0 Å². The van der Waals surface area contributed by atoms with Crippen molar-refractivity contribution in [1.29, 1.82) is 0 Å². The summed E-state index contributed by atoms with van der Waals surface area (Å²) in [5.74, 6) is 0.0325. The first-order chi connectivity index (χ1) is 8.66. The van der Waals surface area contributed by atoms with Gasteiger partial charge in [0.15, 0.2) is 0 Å². The molecule has 0 atom stereocenters. The topological polar surface area (TPSA) is 17.1 Å². The maximum Gasteiger partial charge on any atom is 0.204 e. The average Bonchev–Trinajstić information content (AvgIpc) is 2.93. The number of fused-ring (bicyclic) bond motifs is 1. The Bertz CT molecular complexity index is 725. The molecule has 0 radical (unpaired) electrons. The summed E-state index contributed by atoms with van der Waals surface area (Å²) in [5.41, 5.74) is 0.751. The largest absolute Gasteiger partial charge is 0.288 e. The van der Waals surface area contributed by atoms with Crippen LogP contribution in [-0.2, 0) is 0 Å². The fraction of sp³-hybridized carbons (Fsp3) is 0. The van der Waals surface area contributed by atoms with Crippen molar-refractivity contribution in [2.75, 3.05) is 0 Å². The van der Waals surface area contributed by atoms with Gasteiger partial charge in [-0.05, 0) is 28.1 Å². The second-order valence-corrected chi connectivity index (χ2v) is 7.13. The maximum absolute atomic E-state index is 12.4. The Morgan fingerprint density at radius 2 is 2.06 bits per heavy atom. The van der Waals surface area contributed by atoms with Crippen molar-refractivity contribution >= 4 is 66.1 Å². The number of halogens is 2. The second kappa shape index (κ2) is 4.78. The molecule has 1 aromatic carbocycles. The molecule has 90 valence electrons. The van der Waals surface area contributed by atoms with E-state index in [1.165, 1.54) is 11.3 Å². The van der Waals surface area contributed by atoms with Gasteiger partial charge in [-0.2, -0.15) is 0 Å². The molecule has 0 spiro atoms. The summed E-state index contributed by atoms with van der Waals surface area (Å²) in [5, 5.41) is 2.92. The SMILES string of the molecule is O=C(c1cc(Br)c(Cl)s1)c1csc2ccccc12. The van der Waals surface area contributed by atoms with E-state index in [1.807, 2.05) is 29.6 Å². The van der Waals surface area contributed by atoms with Gasteiger partial charge in [-0.25, -0.2) is 0 Å². The van der Waals surface area contributed by atoms with Crippen molar-refractivity contribution in [3.05, 3.63) is 55.0 Å². The summed E-state index contributed by atoms with van der Waals surface area (Å²) in [7, 11) is 0. The van der Waals surface area contributed by atoms with E-state index in [4.69, 9.17) is 11.6 Å². The Morgan fingerprint density at radius 1 is 1.28 bits per heavy atom. The zero-order chi connectivity index (χ0) is 12.7. The normalized spacial score (nSPS) is 11.0. The quantitative estimate of drug-likeness (QED) is 0.545. The van der Waals surface area contributed by atoms with Gasteiger partial charge in [0, 0.05) is 25.5 Å². The lowest BCUT2D eigenvalue weighted by atomic mass is 10.1.